The molecule has 0 saturated carbocycles. The van der Waals surface area contributed by atoms with E-state index in [0.29, 0.717) is 6.42 Å². The Morgan fingerprint density at radius 3 is 2.56 bits per heavy atom. The van der Waals surface area contributed by atoms with Crippen molar-refractivity contribution in [3.05, 3.63) is 24.2 Å². The van der Waals surface area contributed by atoms with Gasteiger partial charge in [-0.3, -0.25) is 4.79 Å². The molecule has 0 bridgehead atoms. The van der Waals surface area contributed by atoms with Crippen molar-refractivity contribution in [1.29, 1.82) is 0 Å². The van der Waals surface area contributed by atoms with E-state index in [1.807, 2.05) is 6.07 Å². The van der Waals surface area contributed by atoms with Gasteiger partial charge in [0, 0.05) is 12.8 Å². The molecule has 98 valence electrons. The minimum atomic E-state index is -0.690. The molecule has 1 N–H and O–H groups in total. The van der Waals surface area contributed by atoms with Crippen LogP contribution in [0.2, 0.25) is 0 Å². The minimum absolute atomic E-state index is 0.302. The van der Waals surface area contributed by atoms with Crippen molar-refractivity contribution in [2.75, 3.05) is 0 Å². The molecule has 0 unspecified atom stereocenters. The number of hydrogen-bond donors (Lipinski definition) is 1. The third-order valence-electron chi connectivity index (χ3n) is 2.70. The third-order valence-corrected chi connectivity index (χ3v) is 2.70. The monoisotopic (exact) mass is 248 g/mol. The van der Waals surface area contributed by atoms with Gasteiger partial charge in [0.05, 0.1) is 11.8 Å². The zero-order chi connectivity index (χ0) is 13.1. The molecule has 0 atom stereocenters. The Morgan fingerprint density at radius 1 is 1.17 bits per heavy atom. The first-order chi connectivity index (χ1) is 8.79. The van der Waals surface area contributed by atoms with Crippen molar-refractivity contribution in [3.8, 4) is 11.8 Å². The number of carbonyl (C=O) groups is 1. The van der Waals surface area contributed by atoms with Crippen molar-refractivity contribution >= 4 is 5.97 Å². The molecule has 0 aliphatic heterocycles. The zero-order valence-electron chi connectivity index (χ0n) is 10.7. The smallest absolute Gasteiger partial charge is 0.303 e. The molecule has 0 aliphatic carbocycles. The molecule has 1 aromatic heterocycles. The maximum absolute atomic E-state index is 10.3. The molecule has 0 saturated heterocycles. The van der Waals surface area contributed by atoms with Crippen LogP contribution in [0.4, 0.5) is 0 Å². The lowest BCUT2D eigenvalue weighted by Gasteiger charge is -1.98. The summed E-state index contributed by atoms with van der Waals surface area (Å²) in [6, 6.07) is 1.86. The molecule has 0 amide bonds. The number of carboxylic acid groups (broad SMARTS) is 1. The number of furan rings is 1. The van der Waals surface area contributed by atoms with E-state index in [9.17, 15) is 4.79 Å². The summed E-state index contributed by atoms with van der Waals surface area (Å²) in [5.74, 6) is 5.47. The average Bonchev–Trinajstić information content (AvgIpc) is 2.84. The Kier molecular flexibility index (Phi) is 7.47. The first kappa shape index (κ1) is 14.4. The van der Waals surface area contributed by atoms with E-state index in [4.69, 9.17) is 9.52 Å². The van der Waals surface area contributed by atoms with Crippen LogP contribution in [-0.2, 0) is 4.79 Å². The normalized spacial score (nSPS) is 9.78. The first-order valence-electron chi connectivity index (χ1n) is 6.52. The van der Waals surface area contributed by atoms with E-state index in [0.717, 1.165) is 37.7 Å². The SMILES string of the molecule is O=C(O)CCCCCCCCC#Cc1ccoc1. The zero-order valence-corrected chi connectivity index (χ0v) is 10.7. The Bertz CT molecular complexity index is 382. The van der Waals surface area contributed by atoms with E-state index >= 15 is 0 Å². The second-order valence-corrected chi connectivity index (χ2v) is 4.33. The summed E-state index contributed by atoms with van der Waals surface area (Å²) in [6.45, 7) is 0. The van der Waals surface area contributed by atoms with Crippen LogP contribution < -0.4 is 0 Å². The highest BCUT2D eigenvalue weighted by molar-refractivity contribution is 5.66. The molecule has 0 spiro atoms. The summed E-state index contributed by atoms with van der Waals surface area (Å²) in [5.41, 5.74) is 0.934. The Balaban J connectivity index is 1.88. The number of unbranched alkanes of at least 4 members (excludes halogenated alkanes) is 6. The number of rotatable bonds is 8. The van der Waals surface area contributed by atoms with Crippen LogP contribution in [0.5, 0.6) is 0 Å². The molecule has 1 aromatic rings. The van der Waals surface area contributed by atoms with E-state index < -0.39 is 5.97 Å². The van der Waals surface area contributed by atoms with Crippen LogP contribution in [0.3, 0.4) is 0 Å². The van der Waals surface area contributed by atoms with Crippen molar-refractivity contribution in [1.82, 2.24) is 0 Å². The highest BCUT2D eigenvalue weighted by Crippen LogP contribution is 2.08. The molecule has 0 fully saturated rings. The van der Waals surface area contributed by atoms with Gasteiger partial charge in [-0.15, -0.1) is 0 Å². The quantitative estimate of drug-likeness (QED) is 0.561. The Labute approximate surface area is 108 Å². The molecular formula is C15H20O3. The van der Waals surface area contributed by atoms with Crippen molar-refractivity contribution in [2.45, 2.75) is 51.4 Å². The van der Waals surface area contributed by atoms with Crippen molar-refractivity contribution in [3.63, 3.8) is 0 Å². The van der Waals surface area contributed by atoms with E-state index in [2.05, 4.69) is 11.8 Å². The van der Waals surface area contributed by atoms with Gasteiger partial charge in [-0.2, -0.15) is 0 Å². The number of aliphatic carboxylic acids is 1. The standard InChI is InChI=1S/C15H20O3/c16-15(17)10-8-6-4-2-1-3-5-7-9-14-11-12-18-13-14/h11-13H,1-6,8,10H2,(H,16,17). The highest BCUT2D eigenvalue weighted by atomic mass is 16.4. The van der Waals surface area contributed by atoms with Gasteiger partial charge in [0.2, 0.25) is 0 Å². The van der Waals surface area contributed by atoms with Gasteiger partial charge in [-0.1, -0.05) is 37.5 Å². The van der Waals surface area contributed by atoms with E-state index in [1.165, 1.54) is 12.8 Å². The van der Waals surface area contributed by atoms with Gasteiger partial charge in [-0.25, -0.2) is 0 Å². The van der Waals surface area contributed by atoms with Crippen LogP contribution in [0.15, 0.2) is 23.0 Å². The summed E-state index contributed by atoms with van der Waals surface area (Å²) in [6.07, 6.45) is 10.9. The molecule has 0 aromatic carbocycles. The topological polar surface area (TPSA) is 50.4 Å². The maximum Gasteiger partial charge on any atom is 0.303 e. The van der Waals surface area contributed by atoms with Gasteiger partial charge in [0.15, 0.2) is 0 Å². The maximum atomic E-state index is 10.3. The van der Waals surface area contributed by atoms with Gasteiger partial charge in [0.25, 0.3) is 0 Å². The van der Waals surface area contributed by atoms with Gasteiger partial charge >= 0.3 is 5.97 Å². The Hall–Kier alpha value is -1.69. The summed E-state index contributed by atoms with van der Waals surface area (Å²) < 4.78 is 4.92. The summed E-state index contributed by atoms with van der Waals surface area (Å²) in [4.78, 5) is 10.3. The fraction of sp³-hybridized carbons (Fsp3) is 0.533. The molecule has 0 aliphatic rings. The minimum Gasteiger partial charge on any atom is -0.481 e. The molecule has 3 heteroatoms. The molecule has 1 heterocycles. The number of carboxylic acids is 1. The lowest BCUT2D eigenvalue weighted by atomic mass is 10.1. The first-order valence-corrected chi connectivity index (χ1v) is 6.52. The third kappa shape index (κ3) is 7.56. The molecule has 0 radical (unpaired) electrons. The van der Waals surface area contributed by atoms with Gasteiger partial charge in [0.1, 0.15) is 6.26 Å². The predicted molar refractivity (Wildman–Crippen MR) is 70.2 cm³/mol. The lowest BCUT2D eigenvalue weighted by molar-refractivity contribution is -0.137. The fourth-order valence-corrected chi connectivity index (χ4v) is 1.70. The van der Waals surface area contributed by atoms with Crippen molar-refractivity contribution < 1.29 is 14.3 Å². The van der Waals surface area contributed by atoms with Gasteiger partial charge in [-0.05, 0) is 18.9 Å². The van der Waals surface area contributed by atoms with Crippen LogP contribution >= 0.6 is 0 Å². The average molecular weight is 248 g/mol. The molecule has 1 rings (SSSR count). The summed E-state index contributed by atoms with van der Waals surface area (Å²) in [5, 5.41) is 8.47. The Morgan fingerprint density at radius 2 is 1.89 bits per heavy atom. The van der Waals surface area contributed by atoms with Crippen LogP contribution in [0.25, 0.3) is 0 Å². The van der Waals surface area contributed by atoms with Crippen LogP contribution in [0, 0.1) is 11.8 Å². The molecular weight excluding hydrogens is 228 g/mol. The fourth-order valence-electron chi connectivity index (χ4n) is 1.70. The van der Waals surface area contributed by atoms with E-state index in [1.54, 1.807) is 12.5 Å². The van der Waals surface area contributed by atoms with Crippen molar-refractivity contribution in [2.24, 2.45) is 0 Å². The summed E-state index contributed by atoms with van der Waals surface area (Å²) in [7, 11) is 0. The van der Waals surface area contributed by atoms with Gasteiger partial charge < -0.3 is 9.52 Å². The molecule has 18 heavy (non-hydrogen) atoms. The second-order valence-electron chi connectivity index (χ2n) is 4.33. The summed E-state index contributed by atoms with van der Waals surface area (Å²) >= 11 is 0. The second kappa shape index (κ2) is 9.35. The van der Waals surface area contributed by atoms with Crippen LogP contribution in [-0.4, -0.2) is 11.1 Å². The predicted octanol–water partition coefficient (Wildman–Crippen LogP) is 3.84. The lowest BCUT2D eigenvalue weighted by Crippen LogP contribution is -1.93. The van der Waals surface area contributed by atoms with Crippen LogP contribution in [0.1, 0.15) is 56.9 Å². The largest absolute Gasteiger partial charge is 0.481 e. The molecule has 3 nitrogen and oxygen atoms in total. The van der Waals surface area contributed by atoms with E-state index in [-0.39, 0.29) is 0 Å². The highest BCUT2D eigenvalue weighted by Gasteiger charge is 1.96. The number of hydrogen-bond acceptors (Lipinski definition) is 2.